The average Bonchev–Trinajstić information content (AvgIpc) is 2.81. The summed E-state index contributed by atoms with van der Waals surface area (Å²) in [6.07, 6.45) is 1.84. The molecule has 170 valence electrons. The Morgan fingerprint density at radius 3 is 2.41 bits per heavy atom. The smallest absolute Gasteiger partial charge is 0.317 e. The predicted molar refractivity (Wildman–Crippen MR) is 131 cm³/mol. The molecule has 0 aliphatic heterocycles. The van der Waals surface area contributed by atoms with Crippen LogP contribution in [0.3, 0.4) is 0 Å². The molecule has 0 saturated carbocycles. The highest BCUT2D eigenvalue weighted by molar-refractivity contribution is 6.01. The molecule has 0 fully saturated rings. The highest BCUT2D eigenvalue weighted by atomic mass is 19.1. The van der Waals surface area contributed by atoms with Gasteiger partial charge >= 0.3 is 6.03 Å². The molecule has 2 amide bonds. The Balaban J connectivity index is 1.79. The van der Waals surface area contributed by atoms with Gasteiger partial charge in [-0.3, -0.25) is 0 Å². The molecule has 0 aliphatic carbocycles. The maximum atomic E-state index is 14.4. The number of nitrogens with zero attached hydrogens (tertiary/aromatic N) is 2. The van der Waals surface area contributed by atoms with Crippen LogP contribution in [-0.4, -0.2) is 41.5 Å². The molecule has 3 aromatic rings. The first-order chi connectivity index (χ1) is 15.5. The van der Waals surface area contributed by atoms with Crippen LogP contribution in [0.2, 0.25) is 0 Å². The van der Waals surface area contributed by atoms with E-state index in [0.29, 0.717) is 5.56 Å². The van der Waals surface area contributed by atoms with Crippen LogP contribution < -0.4 is 5.32 Å². The van der Waals surface area contributed by atoms with Crippen molar-refractivity contribution in [2.24, 2.45) is 0 Å². The molecule has 0 spiro atoms. The van der Waals surface area contributed by atoms with E-state index in [1.54, 1.807) is 17.0 Å². The molecule has 1 N–H and O–H groups in total. The van der Waals surface area contributed by atoms with Gasteiger partial charge in [0.05, 0.1) is 12.2 Å². The summed E-state index contributed by atoms with van der Waals surface area (Å²) < 4.78 is 14.4. The maximum absolute atomic E-state index is 14.4. The Bertz CT molecular complexity index is 1010. The minimum absolute atomic E-state index is 0.0276. The maximum Gasteiger partial charge on any atom is 0.322 e. The normalized spacial score (nSPS) is 12.2. The number of hydrogen-bond acceptors (Lipinski definition) is 2. The number of carbonyl (C=O) groups is 1. The van der Waals surface area contributed by atoms with Crippen molar-refractivity contribution in [1.29, 1.82) is 0 Å². The van der Waals surface area contributed by atoms with Gasteiger partial charge in [0, 0.05) is 17.0 Å². The molecule has 5 heteroatoms. The van der Waals surface area contributed by atoms with E-state index in [2.05, 4.69) is 24.1 Å². The van der Waals surface area contributed by atoms with Crippen LogP contribution in [0, 0.1) is 5.82 Å². The number of urea groups is 1. The molecule has 0 aliphatic rings. The van der Waals surface area contributed by atoms with Crippen molar-refractivity contribution in [3.63, 3.8) is 0 Å². The first kappa shape index (κ1) is 23.7. The van der Waals surface area contributed by atoms with Gasteiger partial charge in [-0.1, -0.05) is 68.4 Å². The van der Waals surface area contributed by atoms with Crippen LogP contribution >= 0.6 is 0 Å². The number of anilines is 1. The monoisotopic (exact) mass is 435 g/mol. The zero-order valence-corrected chi connectivity index (χ0v) is 19.4. The molecule has 4 nitrogen and oxygen atoms in total. The highest BCUT2D eigenvalue weighted by Gasteiger charge is 2.22. The summed E-state index contributed by atoms with van der Waals surface area (Å²) in [5.41, 5.74) is 1.29. The van der Waals surface area contributed by atoms with Crippen molar-refractivity contribution >= 4 is 22.5 Å². The molecule has 3 aromatic carbocycles. The third-order valence-electron chi connectivity index (χ3n) is 6.11. The van der Waals surface area contributed by atoms with Gasteiger partial charge in [-0.25, -0.2) is 9.18 Å². The lowest BCUT2D eigenvalue weighted by Gasteiger charge is -2.30. The summed E-state index contributed by atoms with van der Waals surface area (Å²) in [5, 5.41) is 5.14. The summed E-state index contributed by atoms with van der Waals surface area (Å²) in [6.45, 7) is 9.64. The highest BCUT2D eigenvalue weighted by Crippen LogP contribution is 2.24. The number of carbonyl (C=O) groups excluding carboxylic acids is 1. The number of nitrogens with one attached hydrogen (secondary N) is 1. The second kappa shape index (κ2) is 11.6. The molecule has 1 atom stereocenters. The largest absolute Gasteiger partial charge is 0.322 e. The van der Waals surface area contributed by atoms with Crippen molar-refractivity contribution in [3.8, 4) is 0 Å². The molecule has 1 unspecified atom stereocenters. The standard InChI is InChI=1S/C27H34FN3O/c1-4-30(5-2)19-11-12-21(3)31(20-23-14-7-9-17-25(23)28)27(32)29-26-18-10-15-22-13-6-8-16-24(22)26/h6-10,13-18,21H,4-5,11-12,19-20H2,1-3H3,(H,29,32). The Morgan fingerprint density at radius 2 is 1.66 bits per heavy atom. The Labute approximate surface area is 191 Å². The number of benzene rings is 3. The van der Waals surface area contributed by atoms with Gasteiger partial charge in [0.1, 0.15) is 5.82 Å². The fraction of sp³-hybridized carbons (Fsp3) is 0.370. The SMILES string of the molecule is CCN(CC)CCCC(C)N(Cc1ccccc1F)C(=O)Nc1cccc2ccccc12. The van der Waals surface area contributed by atoms with Crippen LogP contribution in [-0.2, 0) is 6.54 Å². The van der Waals surface area contributed by atoms with Gasteiger partial charge in [-0.05, 0) is 56.9 Å². The van der Waals surface area contributed by atoms with E-state index in [-0.39, 0.29) is 24.4 Å². The van der Waals surface area contributed by atoms with Crippen molar-refractivity contribution in [2.45, 2.75) is 46.2 Å². The van der Waals surface area contributed by atoms with Gasteiger partial charge < -0.3 is 15.1 Å². The summed E-state index contributed by atoms with van der Waals surface area (Å²) in [4.78, 5) is 17.5. The summed E-state index contributed by atoms with van der Waals surface area (Å²) in [6, 6.07) is 20.3. The minimum Gasteiger partial charge on any atom is -0.317 e. The Hall–Kier alpha value is -2.92. The van der Waals surface area contributed by atoms with E-state index in [4.69, 9.17) is 0 Å². The quantitative estimate of drug-likeness (QED) is 0.393. The van der Waals surface area contributed by atoms with Crippen LogP contribution in [0.25, 0.3) is 10.8 Å². The number of rotatable bonds is 10. The van der Waals surface area contributed by atoms with E-state index in [1.807, 2.05) is 55.5 Å². The molecule has 32 heavy (non-hydrogen) atoms. The molecule has 3 rings (SSSR count). The third-order valence-corrected chi connectivity index (χ3v) is 6.11. The molecule has 0 saturated heterocycles. The van der Waals surface area contributed by atoms with Crippen molar-refractivity contribution in [1.82, 2.24) is 9.80 Å². The molecule has 0 aromatic heterocycles. The van der Waals surface area contributed by atoms with Gasteiger partial charge in [-0.15, -0.1) is 0 Å². The molecule has 0 radical (unpaired) electrons. The topological polar surface area (TPSA) is 35.6 Å². The van der Waals surface area contributed by atoms with Crippen LogP contribution in [0.15, 0.2) is 66.7 Å². The van der Waals surface area contributed by atoms with Gasteiger partial charge in [0.15, 0.2) is 0 Å². The number of amides is 2. The molecular formula is C27H34FN3O. The second-order valence-corrected chi connectivity index (χ2v) is 8.19. The predicted octanol–water partition coefficient (Wildman–Crippen LogP) is 6.52. The van der Waals surface area contributed by atoms with Gasteiger partial charge in [-0.2, -0.15) is 0 Å². The Kier molecular flexibility index (Phi) is 8.63. The number of hydrogen-bond donors (Lipinski definition) is 1. The fourth-order valence-corrected chi connectivity index (χ4v) is 4.07. The van der Waals surface area contributed by atoms with Crippen LogP contribution in [0.1, 0.15) is 39.2 Å². The first-order valence-corrected chi connectivity index (χ1v) is 11.5. The summed E-state index contributed by atoms with van der Waals surface area (Å²) in [5.74, 6) is -0.286. The van der Waals surface area contributed by atoms with Crippen LogP contribution in [0.5, 0.6) is 0 Å². The number of fused-ring (bicyclic) bond motifs is 1. The molecular weight excluding hydrogens is 401 g/mol. The third kappa shape index (κ3) is 6.07. The molecule has 0 bridgehead atoms. The van der Waals surface area contributed by atoms with Crippen LogP contribution in [0.4, 0.5) is 14.9 Å². The fourth-order valence-electron chi connectivity index (χ4n) is 4.07. The summed E-state index contributed by atoms with van der Waals surface area (Å²) >= 11 is 0. The lowest BCUT2D eigenvalue weighted by molar-refractivity contribution is 0.180. The van der Waals surface area contributed by atoms with Gasteiger partial charge in [0.25, 0.3) is 0 Å². The second-order valence-electron chi connectivity index (χ2n) is 8.19. The van der Waals surface area contributed by atoms with E-state index >= 15 is 0 Å². The lowest BCUT2D eigenvalue weighted by atomic mass is 10.1. The van der Waals surface area contributed by atoms with E-state index in [9.17, 15) is 9.18 Å². The zero-order chi connectivity index (χ0) is 22.9. The Morgan fingerprint density at radius 1 is 0.969 bits per heavy atom. The van der Waals surface area contributed by atoms with Crippen molar-refractivity contribution < 1.29 is 9.18 Å². The average molecular weight is 436 g/mol. The lowest BCUT2D eigenvalue weighted by Crippen LogP contribution is -2.41. The molecule has 0 heterocycles. The minimum atomic E-state index is -0.286. The number of halogens is 1. The van der Waals surface area contributed by atoms with Crippen molar-refractivity contribution in [2.75, 3.05) is 25.0 Å². The van der Waals surface area contributed by atoms with Gasteiger partial charge in [0.2, 0.25) is 0 Å². The van der Waals surface area contributed by atoms with E-state index in [0.717, 1.165) is 48.9 Å². The zero-order valence-electron chi connectivity index (χ0n) is 19.4. The van der Waals surface area contributed by atoms with E-state index < -0.39 is 0 Å². The van der Waals surface area contributed by atoms with Crippen molar-refractivity contribution in [3.05, 3.63) is 78.1 Å². The van der Waals surface area contributed by atoms with E-state index in [1.165, 1.54) is 6.07 Å². The summed E-state index contributed by atoms with van der Waals surface area (Å²) in [7, 11) is 0. The first-order valence-electron chi connectivity index (χ1n) is 11.5.